The first-order chi connectivity index (χ1) is 9.17. The van der Waals surface area contributed by atoms with Gasteiger partial charge in [-0.3, -0.25) is 4.79 Å². The van der Waals surface area contributed by atoms with Crippen molar-refractivity contribution >= 4 is 28.9 Å². The zero-order valence-corrected chi connectivity index (χ0v) is 12.2. The van der Waals surface area contributed by atoms with Gasteiger partial charge < -0.3 is 4.74 Å². The number of hydrogen-bond acceptors (Lipinski definition) is 5. The summed E-state index contributed by atoms with van der Waals surface area (Å²) in [5.74, 6) is 0.399. The topological polar surface area (TPSA) is 52.1 Å². The van der Waals surface area contributed by atoms with E-state index in [1.54, 1.807) is 18.2 Å². The molecule has 1 aromatic carbocycles. The first kappa shape index (κ1) is 14.0. The molecule has 100 valence electrons. The summed E-state index contributed by atoms with van der Waals surface area (Å²) in [4.78, 5) is 13.0. The maximum Gasteiger partial charge on any atom is 0.206 e. The summed E-state index contributed by atoms with van der Waals surface area (Å²) in [6.45, 7) is 2.04. The molecule has 0 aliphatic carbocycles. The summed E-state index contributed by atoms with van der Waals surface area (Å²) in [5.41, 5.74) is 1.29. The van der Waals surface area contributed by atoms with Gasteiger partial charge in [-0.1, -0.05) is 29.4 Å². The average molecular weight is 297 g/mol. The van der Waals surface area contributed by atoms with Crippen molar-refractivity contribution in [1.82, 2.24) is 9.59 Å². The molecule has 0 unspecified atom stereocenters. The molecule has 0 aliphatic heterocycles. The Hall–Kier alpha value is -1.46. The average Bonchev–Trinajstić information content (AvgIpc) is 2.87. The van der Waals surface area contributed by atoms with Crippen LogP contribution >= 0.6 is 23.1 Å². The van der Waals surface area contributed by atoms with Crippen molar-refractivity contribution in [2.45, 2.75) is 19.8 Å². The third-order valence-electron chi connectivity index (χ3n) is 2.66. The van der Waals surface area contributed by atoms with Gasteiger partial charge in [0, 0.05) is 5.56 Å². The molecule has 0 radical (unpaired) electrons. The van der Waals surface area contributed by atoms with Crippen molar-refractivity contribution in [3.8, 4) is 5.75 Å². The lowest BCUT2D eigenvalue weighted by Crippen LogP contribution is -2.03. The number of aromatic nitrogens is 2. The van der Waals surface area contributed by atoms with Gasteiger partial charge in [0.1, 0.15) is 10.6 Å². The third-order valence-corrected chi connectivity index (χ3v) is 3.74. The van der Waals surface area contributed by atoms with Gasteiger partial charge in [-0.25, -0.2) is 0 Å². The number of rotatable bonds is 5. The maximum absolute atomic E-state index is 12.4. The molecular weight excluding hydrogens is 284 g/mol. The summed E-state index contributed by atoms with van der Waals surface area (Å²) in [6.07, 6.45) is 1.68. The molecule has 19 heavy (non-hydrogen) atoms. The molecule has 0 atom stereocenters. The molecule has 1 heterocycles. The summed E-state index contributed by atoms with van der Waals surface area (Å²) in [5, 5.41) is 4.48. The number of hydrogen-bond donors (Lipinski definition) is 0. The first-order valence-corrected chi connectivity index (χ1v) is 7.02. The molecule has 2 aromatic rings. The zero-order chi connectivity index (χ0) is 13.8. The van der Waals surface area contributed by atoms with Gasteiger partial charge in [0.25, 0.3) is 0 Å². The molecule has 4 nitrogen and oxygen atoms in total. The van der Waals surface area contributed by atoms with Crippen LogP contribution in [0.15, 0.2) is 18.2 Å². The molecule has 0 saturated heterocycles. The lowest BCUT2D eigenvalue weighted by atomic mass is 10.1. The van der Waals surface area contributed by atoms with Crippen molar-refractivity contribution in [1.29, 1.82) is 0 Å². The highest BCUT2D eigenvalue weighted by Gasteiger charge is 2.18. The van der Waals surface area contributed by atoms with Gasteiger partial charge in [0.15, 0.2) is 0 Å². The van der Waals surface area contributed by atoms with Gasteiger partial charge in [0.05, 0.1) is 17.8 Å². The summed E-state index contributed by atoms with van der Waals surface area (Å²) in [6, 6.07) is 4.98. The highest BCUT2D eigenvalue weighted by molar-refractivity contribution is 7.08. The predicted octanol–water partition coefficient (Wildman–Crippen LogP) is 3.38. The van der Waals surface area contributed by atoms with Gasteiger partial charge in [0.2, 0.25) is 5.78 Å². The number of aryl methyl sites for hydroxylation is 1. The SMILES string of the molecule is CCCc1nnsc1C(=O)c1ccc(Cl)c(OC)c1. The van der Waals surface area contributed by atoms with E-state index in [4.69, 9.17) is 16.3 Å². The molecule has 6 heteroatoms. The standard InChI is InChI=1S/C13H13ClN2O2S/c1-3-4-10-13(19-16-15-10)12(17)8-5-6-9(14)11(7-8)18-2/h5-7H,3-4H2,1-2H3. The Morgan fingerprint density at radius 3 is 2.95 bits per heavy atom. The van der Waals surface area contributed by atoms with E-state index < -0.39 is 0 Å². The van der Waals surface area contributed by atoms with Crippen molar-refractivity contribution in [2.75, 3.05) is 7.11 Å². The Labute approximate surface area is 120 Å². The van der Waals surface area contributed by atoms with Gasteiger partial charge in [-0.15, -0.1) is 5.10 Å². The highest BCUT2D eigenvalue weighted by Crippen LogP contribution is 2.27. The monoisotopic (exact) mass is 296 g/mol. The fourth-order valence-electron chi connectivity index (χ4n) is 1.71. The molecule has 0 aliphatic rings. The van der Waals surface area contributed by atoms with Crippen LogP contribution < -0.4 is 4.74 Å². The first-order valence-electron chi connectivity index (χ1n) is 5.86. The van der Waals surface area contributed by atoms with E-state index in [-0.39, 0.29) is 5.78 Å². The summed E-state index contributed by atoms with van der Waals surface area (Å²) >= 11 is 7.07. The number of benzene rings is 1. The van der Waals surface area contributed by atoms with Crippen molar-refractivity contribution < 1.29 is 9.53 Å². The molecule has 0 saturated carbocycles. The van der Waals surface area contributed by atoms with E-state index in [9.17, 15) is 4.79 Å². The number of nitrogens with zero attached hydrogens (tertiary/aromatic N) is 2. The van der Waals surface area contributed by atoms with E-state index in [0.717, 1.165) is 30.1 Å². The van der Waals surface area contributed by atoms with Crippen LogP contribution in [0.2, 0.25) is 5.02 Å². The van der Waals surface area contributed by atoms with Crippen molar-refractivity contribution in [3.63, 3.8) is 0 Å². The number of halogens is 1. The normalized spacial score (nSPS) is 10.5. The summed E-state index contributed by atoms with van der Waals surface area (Å²) in [7, 11) is 1.52. The minimum Gasteiger partial charge on any atom is -0.495 e. The fourth-order valence-corrected chi connectivity index (χ4v) is 2.58. The quantitative estimate of drug-likeness (QED) is 0.794. The maximum atomic E-state index is 12.4. The Bertz CT molecular complexity index is 598. The van der Waals surface area contributed by atoms with Crippen LogP contribution in [0, 0.1) is 0 Å². The lowest BCUT2D eigenvalue weighted by molar-refractivity contribution is 0.104. The number of methoxy groups -OCH3 is 1. The second kappa shape index (κ2) is 6.12. The number of ketones is 1. The molecule has 0 N–H and O–H groups in total. The van der Waals surface area contributed by atoms with E-state index in [2.05, 4.69) is 9.59 Å². The number of carbonyl (C=O) groups excluding carboxylic acids is 1. The largest absolute Gasteiger partial charge is 0.495 e. The van der Waals surface area contributed by atoms with E-state index >= 15 is 0 Å². The molecular formula is C13H13ClN2O2S. The Morgan fingerprint density at radius 1 is 1.47 bits per heavy atom. The second-order valence-corrected chi connectivity index (χ2v) is 5.14. The lowest BCUT2D eigenvalue weighted by Gasteiger charge is -2.05. The molecule has 0 spiro atoms. The fraction of sp³-hybridized carbons (Fsp3) is 0.308. The van der Waals surface area contributed by atoms with Crippen LogP contribution in [0.4, 0.5) is 0 Å². The Kier molecular flexibility index (Phi) is 4.50. The van der Waals surface area contributed by atoms with Gasteiger partial charge in [-0.2, -0.15) is 0 Å². The molecule has 2 rings (SSSR count). The molecule has 1 aromatic heterocycles. The zero-order valence-electron chi connectivity index (χ0n) is 10.6. The minimum atomic E-state index is -0.0894. The van der Waals surface area contributed by atoms with Crippen LogP contribution in [0.3, 0.4) is 0 Å². The minimum absolute atomic E-state index is 0.0894. The van der Waals surface area contributed by atoms with Crippen LogP contribution in [0.5, 0.6) is 5.75 Å². The Balaban J connectivity index is 2.36. The molecule has 0 amide bonds. The summed E-state index contributed by atoms with van der Waals surface area (Å²) < 4.78 is 8.98. The molecule has 0 fully saturated rings. The second-order valence-electron chi connectivity index (χ2n) is 3.98. The van der Waals surface area contributed by atoms with Crippen molar-refractivity contribution in [3.05, 3.63) is 39.4 Å². The van der Waals surface area contributed by atoms with Gasteiger partial charge in [-0.05, 0) is 36.2 Å². The number of carbonyl (C=O) groups is 1. The predicted molar refractivity (Wildman–Crippen MR) is 75.3 cm³/mol. The van der Waals surface area contributed by atoms with Crippen molar-refractivity contribution in [2.24, 2.45) is 0 Å². The van der Waals surface area contributed by atoms with Crippen LogP contribution in [0.1, 0.15) is 34.3 Å². The van der Waals surface area contributed by atoms with Crippen LogP contribution in [-0.2, 0) is 6.42 Å². The van der Waals surface area contributed by atoms with Crippen LogP contribution in [-0.4, -0.2) is 22.5 Å². The third kappa shape index (κ3) is 2.93. The van der Waals surface area contributed by atoms with Gasteiger partial charge >= 0.3 is 0 Å². The molecule has 0 bridgehead atoms. The number of ether oxygens (including phenoxy) is 1. The smallest absolute Gasteiger partial charge is 0.206 e. The van der Waals surface area contributed by atoms with E-state index in [1.165, 1.54) is 7.11 Å². The van der Waals surface area contributed by atoms with E-state index in [1.807, 2.05) is 6.92 Å². The highest BCUT2D eigenvalue weighted by atomic mass is 35.5. The van der Waals surface area contributed by atoms with Crippen LogP contribution in [0.25, 0.3) is 0 Å². The Morgan fingerprint density at radius 2 is 2.26 bits per heavy atom. The van der Waals surface area contributed by atoms with E-state index in [0.29, 0.717) is 21.2 Å².